The van der Waals surface area contributed by atoms with Crippen molar-refractivity contribution in [3.8, 4) is 90.6 Å². The van der Waals surface area contributed by atoms with Crippen LogP contribution in [0.3, 0.4) is 0 Å². The maximum atomic E-state index is 13.1. The first kappa shape index (κ1) is 78.5. The number of rotatable bonds is 20. The fourth-order valence-electron chi connectivity index (χ4n) is 14.7. The fraction of sp³-hybridized carbons (Fsp3) is 0.159. The molecule has 1 fully saturated rings. The van der Waals surface area contributed by atoms with Crippen molar-refractivity contribution >= 4 is 106 Å². The molecule has 612 valence electrons. The maximum Gasteiger partial charge on any atom is 0.339 e. The van der Waals surface area contributed by atoms with Gasteiger partial charge in [0, 0.05) is 189 Å². The molecule has 17 heterocycles. The summed E-state index contributed by atoms with van der Waals surface area (Å²) in [4.78, 5) is 81.6. The van der Waals surface area contributed by atoms with E-state index in [9.17, 15) is 9.18 Å². The molecule has 1 saturated heterocycles. The largest absolute Gasteiger partial charge is 0.462 e. The van der Waals surface area contributed by atoms with E-state index >= 15 is 0 Å². The maximum absolute atomic E-state index is 13.1. The second-order valence-electron chi connectivity index (χ2n) is 28.5. The summed E-state index contributed by atoms with van der Waals surface area (Å²) in [6.45, 7) is 7.94. The highest BCUT2D eigenvalue weighted by Crippen LogP contribution is 2.36. The number of aromatic nitrogens is 24. The van der Waals surface area contributed by atoms with E-state index in [2.05, 4.69) is 129 Å². The minimum absolute atomic E-state index is 0.304. The number of imidazole rings is 4. The number of nitrogens with one attached hydrogen (secondary N) is 9. The Morgan fingerprint density at radius 2 is 0.797 bits per heavy atom. The van der Waals surface area contributed by atoms with E-state index in [1.807, 2.05) is 109 Å². The molecule has 1 aliphatic heterocycles. The van der Waals surface area contributed by atoms with Gasteiger partial charge in [-0.3, -0.25) is 30.4 Å². The van der Waals surface area contributed by atoms with Crippen LogP contribution < -0.4 is 10.2 Å². The Bertz CT molecular complexity index is 7250. The number of para-hydroxylation sites is 4. The number of piperazine rings is 1. The highest BCUT2D eigenvalue weighted by Gasteiger charge is 2.23. The fourth-order valence-corrected chi connectivity index (χ4v) is 14.7. The number of carbonyl (C=O) groups excluding carboxylic acids is 1. The minimum Gasteiger partial charge on any atom is -0.462 e. The molecule has 0 saturated carbocycles. The zero-order valence-corrected chi connectivity index (χ0v) is 66.7. The van der Waals surface area contributed by atoms with Crippen molar-refractivity contribution in [3.05, 3.63) is 235 Å². The van der Waals surface area contributed by atoms with Crippen LogP contribution in [0.2, 0.25) is 0 Å². The first-order valence-corrected chi connectivity index (χ1v) is 39.0. The number of halogens is 1. The molecule has 123 heavy (non-hydrogen) atoms. The number of anilines is 1. The minimum atomic E-state index is -0.518. The number of nitrogens with zero attached hydrogens (tertiary/aromatic N) is 18. The number of H-pyrrole nitrogens is 8. The highest BCUT2D eigenvalue weighted by atomic mass is 19.1. The second-order valence-corrected chi connectivity index (χ2v) is 28.5. The number of oxime groups is 1. The summed E-state index contributed by atoms with van der Waals surface area (Å²) >= 11 is 0. The van der Waals surface area contributed by atoms with Crippen molar-refractivity contribution in [1.29, 1.82) is 0 Å². The van der Waals surface area contributed by atoms with Gasteiger partial charge in [0.1, 0.15) is 28.6 Å². The number of esters is 1. The van der Waals surface area contributed by atoms with Crippen LogP contribution in [0.5, 0.6) is 0 Å². The standard InChI is InChI=1S/C24H24N8O.C23H20N6O3.C21H17N7O2.C20H15FN6O/c1-33-14-16-3-2-4-19-21(16)29-24(28-19)22-18-11-17(13-27-23(18)31-30-22)15-5-6-20(26-12-15)32-9-7-25-8-10-32;1-3-32-23(30)16-7-14(9-24-10-16)15-8-17-20(28-29-21(17)25-11-15)22-26-18-6-4-5-13(12-31-2)19(18)27-22;1-30-11-13-3-2-4-17-18(13)26-21(25-17)19-16-6-15(10-23-20(16)28-27-19)14-5-12(8-24-29)7-22-9-14;1-28-10-12-3-2-4-15-17(12)25-20(24-15)18-14-7-13(9-23-19(14)27-26-18)11-5-6-16(21)22-8-11/h2-6,11-13,25H,7-10,14H2,1H3,(H,28,29)(H,27,30,31);4-11H,3,12H2,1-2H3,(H,26,27)(H,25,28,29);2-10,29H,11H2,1H3,(H,25,26)(H,23,27,28);2-9H,10H2,1H3,(H,24,25)(H,23,26,27)/b;;24-8+;. The zero-order valence-electron chi connectivity index (χ0n) is 66.7. The summed E-state index contributed by atoms with van der Waals surface area (Å²) in [5, 5.41) is 48.1. The van der Waals surface area contributed by atoms with Gasteiger partial charge >= 0.3 is 5.97 Å². The van der Waals surface area contributed by atoms with Crippen molar-refractivity contribution in [2.75, 3.05) is 66.1 Å². The zero-order chi connectivity index (χ0) is 83.9. The summed E-state index contributed by atoms with van der Waals surface area (Å²) in [5.74, 6) is 2.80. The van der Waals surface area contributed by atoms with Gasteiger partial charge in [0.25, 0.3) is 0 Å². The van der Waals surface area contributed by atoms with Crippen LogP contribution in [0.15, 0.2) is 201 Å². The lowest BCUT2D eigenvalue weighted by molar-refractivity contribution is 0.0525. The summed E-state index contributed by atoms with van der Waals surface area (Å²) in [5.41, 5.74) is 24.6. The average molecular weight is 1640 g/mol. The molecule has 0 atom stereocenters. The number of pyridine rings is 8. The van der Waals surface area contributed by atoms with Crippen LogP contribution in [0.4, 0.5) is 10.2 Å². The highest BCUT2D eigenvalue weighted by molar-refractivity contribution is 5.99. The molecule has 16 aromatic heterocycles. The molecule has 1 aliphatic rings. The molecule has 34 nitrogen and oxygen atoms in total. The molecule has 0 amide bonds. The molecule has 0 bridgehead atoms. The lowest BCUT2D eigenvalue weighted by Crippen LogP contribution is -2.43. The molecule has 10 N–H and O–H groups in total. The van der Waals surface area contributed by atoms with Gasteiger partial charge in [-0.2, -0.15) is 24.8 Å². The number of fused-ring (bicyclic) bond motifs is 8. The van der Waals surface area contributed by atoms with Crippen molar-refractivity contribution in [3.63, 3.8) is 0 Å². The van der Waals surface area contributed by atoms with Crippen molar-refractivity contribution in [1.82, 2.24) is 126 Å². The molecule has 0 radical (unpaired) electrons. The smallest absolute Gasteiger partial charge is 0.339 e. The number of methoxy groups -OCH3 is 4. The third-order valence-electron chi connectivity index (χ3n) is 20.6. The van der Waals surface area contributed by atoms with Gasteiger partial charge in [-0.25, -0.2) is 54.6 Å². The molecule has 4 aromatic carbocycles. The molecule has 0 unspecified atom stereocenters. The Morgan fingerprint density at radius 1 is 0.431 bits per heavy atom. The van der Waals surface area contributed by atoms with Crippen LogP contribution in [-0.2, 0) is 50.1 Å². The molecule has 21 rings (SSSR count). The monoisotopic (exact) mass is 1640 g/mol. The van der Waals surface area contributed by atoms with E-state index in [4.69, 9.17) is 53.8 Å². The average Bonchev–Trinajstić information content (AvgIpc) is 1.61. The lowest BCUT2D eigenvalue weighted by Gasteiger charge is -2.28. The van der Waals surface area contributed by atoms with Gasteiger partial charge in [0.2, 0.25) is 5.95 Å². The molecule has 20 aromatic rings. The van der Waals surface area contributed by atoms with Crippen molar-refractivity contribution in [2.45, 2.75) is 33.4 Å². The van der Waals surface area contributed by atoms with Crippen LogP contribution >= 0.6 is 0 Å². The Hall–Kier alpha value is -15.7. The van der Waals surface area contributed by atoms with Crippen LogP contribution in [0.1, 0.15) is 45.1 Å². The Balaban J connectivity index is 0.000000112. The number of aromatic amines is 8. The summed E-state index contributed by atoms with van der Waals surface area (Å²) in [6.07, 6.45) is 18.2. The normalized spacial score (nSPS) is 12.3. The second kappa shape index (κ2) is 35.1. The first-order valence-electron chi connectivity index (χ1n) is 39.0. The first-order chi connectivity index (χ1) is 60.5. The molecule has 0 aliphatic carbocycles. The van der Waals surface area contributed by atoms with Crippen LogP contribution in [0.25, 0.3) is 179 Å². The van der Waals surface area contributed by atoms with Gasteiger partial charge in [-0.1, -0.05) is 53.7 Å². The van der Waals surface area contributed by atoms with Gasteiger partial charge in [-0.15, -0.1) is 0 Å². The Morgan fingerprint density at radius 3 is 1.16 bits per heavy atom. The van der Waals surface area contributed by atoms with Crippen LogP contribution in [-0.4, -0.2) is 199 Å². The summed E-state index contributed by atoms with van der Waals surface area (Å²) < 4.78 is 39.4. The van der Waals surface area contributed by atoms with Gasteiger partial charge in [0.15, 0.2) is 45.9 Å². The summed E-state index contributed by atoms with van der Waals surface area (Å²) in [6, 6.07) is 42.6. The lowest BCUT2D eigenvalue weighted by atomic mass is 10.1. The molecule has 0 spiro atoms. The predicted octanol–water partition coefficient (Wildman–Crippen LogP) is 14.4. The molecular formula is C88H76FN27O7. The predicted molar refractivity (Wildman–Crippen MR) is 462 cm³/mol. The van der Waals surface area contributed by atoms with Gasteiger partial charge < -0.3 is 59.0 Å². The quantitative estimate of drug-likeness (QED) is 0.0111. The van der Waals surface area contributed by atoms with E-state index in [0.29, 0.717) is 84.2 Å². The third-order valence-corrected chi connectivity index (χ3v) is 20.6. The number of hydrogen-bond donors (Lipinski definition) is 10. The molecular weight excluding hydrogens is 1570 g/mol. The third kappa shape index (κ3) is 16.3. The van der Waals surface area contributed by atoms with Crippen LogP contribution in [0, 0.1) is 5.95 Å². The topological polar surface area (TPSA) is 444 Å². The molecule has 35 heteroatoms. The number of hydrogen-bond acceptors (Lipinski definition) is 26. The number of ether oxygens (including phenoxy) is 5. The van der Waals surface area contributed by atoms with Gasteiger partial charge in [0.05, 0.1) is 110 Å². The van der Waals surface area contributed by atoms with E-state index in [0.717, 1.165) is 193 Å². The Labute approximate surface area is 696 Å². The number of carbonyl (C=O) groups is 1. The SMILES string of the molecule is CCOC(=O)c1cncc(-c2cnc3n[nH]c(-c4nc5c(COC)cccc5[nH]4)c3c2)c1.COCc1cccc2[nH]c(-c3[nH]nc4ncc(-c5ccc(F)nc5)cc34)nc12.COCc1cccc2[nH]c(-c3[nH]nc4ncc(-c5ccc(N6CCNCC6)nc5)cc34)nc12.COCc1cccc2[nH]c(-c3[nH]nc4ncc(-c5cncc(/C=N/O)c5)cc34)nc12. The van der Waals surface area contributed by atoms with Gasteiger partial charge in [-0.05, 0) is 91.9 Å². The van der Waals surface area contributed by atoms with E-state index in [1.54, 1.807) is 84.7 Å². The van der Waals surface area contributed by atoms with E-state index < -0.39 is 11.9 Å². The van der Waals surface area contributed by atoms with E-state index in [1.165, 1.54) is 24.7 Å². The summed E-state index contributed by atoms with van der Waals surface area (Å²) in [7, 11) is 6.67. The number of benzene rings is 4. The Kier molecular flexibility index (Phi) is 22.4. The van der Waals surface area contributed by atoms with Crippen molar-refractivity contribution in [2.24, 2.45) is 5.16 Å². The van der Waals surface area contributed by atoms with E-state index in [-0.39, 0.29) is 0 Å². The van der Waals surface area contributed by atoms with Crippen molar-refractivity contribution < 1.29 is 38.1 Å².